The second-order valence-electron chi connectivity index (χ2n) is 5.30. The van der Waals surface area contributed by atoms with Crippen LogP contribution < -0.4 is 10.5 Å². The lowest BCUT2D eigenvalue weighted by atomic mass is 9.94. The number of benzene rings is 1. The summed E-state index contributed by atoms with van der Waals surface area (Å²) in [5.41, 5.74) is 5.38. The van der Waals surface area contributed by atoms with Crippen molar-refractivity contribution in [2.45, 2.75) is 18.7 Å². The van der Waals surface area contributed by atoms with E-state index >= 15 is 0 Å². The highest BCUT2D eigenvalue weighted by atomic mass is 35.5. The zero-order valence-corrected chi connectivity index (χ0v) is 13.9. The van der Waals surface area contributed by atoms with Crippen molar-refractivity contribution >= 4 is 22.4 Å². The van der Waals surface area contributed by atoms with E-state index in [1.54, 1.807) is 38.4 Å². The van der Waals surface area contributed by atoms with Crippen molar-refractivity contribution in [2.75, 3.05) is 27.2 Å². The maximum Gasteiger partial charge on any atom is 0.242 e. The molecule has 1 rings (SSSR count). The summed E-state index contributed by atoms with van der Waals surface area (Å²) in [6.45, 7) is 4.67. The van der Waals surface area contributed by atoms with Gasteiger partial charge in [-0.25, -0.2) is 12.7 Å². The summed E-state index contributed by atoms with van der Waals surface area (Å²) in [6.07, 6.45) is 0. The van der Waals surface area contributed by atoms with Crippen molar-refractivity contribution in [3.8, 4) is 5.75 Å². The van der Waals surface area contributed by atoms with E-state index in [9.17, 15) is 8.42 Å². The van der Waals surface area contributed by atoms with E-state index in [-0.39, 0.29) is 22.7 Å². The van der Waals surface area contributed by atoms with Crippen molar-refractivity contribution in [2.24, 2.45) is 11.1 Å². The zero-order chi connectivity index (χ0) is 14.7. The lowest BCUT2D eigenvalue weighted by Gasteiger charge is -2.28. The van der Waals surface area contributed by atoms with Gasteiger partial charge < -0.3 is 10.5 Å². The number of sulfonamides is 1. The Morgan fingerprint density at radius 2 is 1.75 bits per heavy atom. The van der Waals surface area contributed by atoms with Gasteiger partial charge in [-0.15, -0.1) is 12.4 Å². The minimum Gasteiger partial charge on any atom is -0.497 e. The van der Waals surface area contributed by atoms with Gasteiger partial charge in [-0.1, -0.05) is 13.8 Å². The van der Waals surface area contributed by atoms with Crippen LogP contribution in [0, 0.1) is 5.41 Å². The Kier molecular flexibility index (Phi) is 6.97. The van der Waals surface area contributed by atoms with Crippen LogP contribution in [0.15, 0.2) is 29.2 Å². The van der Waals surface area contributed by atoms with Crippen LogP contribution >= 0.6 is 12.4 Å². The number of hydrogen-bond donors (Lipinski definition) is 1. The maximum absolute atomic E-state index is 12.4. The summed E-state index contributed by atoms with van der Waals surface area (Å²) in [6, 6.07) is 6.35. The van der Waals surface area contributed by atoms with Gasteiger partial charge in [-0.2, -0.15) is 0 Å². The molecule has 5 nitrogen and oxygen atoms in total. The fourth-order valence-corrected chi connectivity index (χ4v) is 3.04. The topological polar surface area (TPSA) is 72.6 Å². The van der Waals surface area contributed by atoms with Crippen molar-refractivity contribution < 1.29 is 13.2 Å². The molecule has 0 fully saturated rings. The Balaban J connectivity index is 0.00000361. The molecule has 0 aliphatic heterocycles. The standard InChI is InChI=1S/C13H22N2O3S.ClH/c1-13(2,9-14)10-15(3)19(16,17)12-7-5-11(18-4)6-8-12;/h5-8H,9-10,14H2,1-4H3;1H. The molecule has 0 saturated heterocycles. The minimum atomic E-state index is -3.49. The number of hydrogen-bond acceptors (Lipinski definition) is 4. The van der Waals surface area contributed by atoms with Crippen LogP contribution in [0.2, 0.25) is 0 Å². The van der Waals surface area contributed by atoms with E-state index < -0.39 is 10.0 Å². The van der Waals surface area contributed by atoms with Gasteiger partial charge >= 0.3 is 0 Å². The first-order valence-corrected chi connectivity index (χ1v) is 7.47. The van der Waals surface area contributed by atoms with Gasteiger partial charge in [0.15, 0.2) is 0 Å². The van der Waals surface area contributed by atoms with Gasteiger partial charge in [0.1, 0.15) is 5.75 Å². The fourth-order valence-electron chi connectivity index (χ4n) is 1.68. The highest BCUT2D eigenvalue weighted by Crippen LogP contribution is 2.22. The molecule has 0 unspecified atom stereocenters. The van der Waals surface area contributed by atoms with Crippen LogP contribution in [-0.2, 0) is 10.0 Å². The number of methoxy groups -OCH3 is 1. The number of nitrogens with zero attached hydrogens (tertiary/aromatic N) is 1. The predicted molar refractivity (Wildman–Crippen MR) is 82.9 cm³/mol. The minimum absolute atomic E-state index is 0. The van der Waals surface area contributed by atoms with Crippen LogP contribution in [0.5, 0.6) is 5.75 Å². The predicted octanol–water partition coefficient (Wildman–Crippen LogP) is 1.72. The van der Waals surface area contributed by atoms with Crippen LogP contribution in [0.25, 0.3) is 0 Å². The summed E-state index contributed by atoms with van der Waals surface area (Å²) in [5.74, 6) is 0.629. The highest BCUT2D eigenvalue weighted by molar-refractivity contribution is 7.89. The van der Waals surface area contributed by atoms with Crippen molar-refractivity contribution in [3.05, 3.63) is 24.3 Å². The molecule has 7 heteroatoms. The first-order chi connectivity index (χ1) is 8.73. The molecule has 2 N–H and O–H groups in total. The average molecular weight is 323 g/mol. The molecule has 0 atom stereocenters. The second-order valence-corrected chi connectivity index (χ2v) is 7.35. The van der Waals surface area contributed by atoms with Crippen LogP contribution in [0.1, 0.15) is 13.8 Å². The van der Waals surface area contributed by atoms with Crippen molar-refractivity contribution in [1.82, 2.24) is 4.31 Å². The molecule has 0 bridgehead atoms. The summed E-state index contributed by atoms with van der Waals surface area (Å²) in [5, 5.41) is 0. The molecule has 0 aliphatic rings. The molecular weight excluding hydrogens is 300 g/mol. The lowest BCUT2D eigenvalue weighted by Crippen LogP contribution is -2.39. The summed E-state index contributed by atoms with van der Waals surface area (Å²) < 4.78 is 31.1. The Morgan fingerprint density at radius 3 is 2.15 bits per heavy atom. The van der Waals surface area contributed by atoms with E-state index in [0.717, 1.165) is 0 Å². The van der Waals surface area contributed by atoms with Crippen LogP contribution in [0.4, 0.5) is 0 Å². The molecule has 0 aromatic heterocycles. The molecule has 0 heterocycles. The highest BCUT2D eigenvalue weighted by Gasteiger charge is 2.27. The van der Waals surface area contributed by atoms with Gasteiger partial charge in [-0.3, -0.25) is 0 Å². The molecule has 1 aromatic rings. The molecule has 0 amide bonds. The van der Waals surface area contributed by atoms with Gasteiger partial charge in [0.05, 0.1) is 12.0 Å². The van der Waals surface area contributed by atoms with Crippen LogP contribution in [-0.4, -0.2) is 40.0 Å². The Bertz CT molecular complexity index is 515. The number of nitrogens with two attached hydrogens (primary N) is 1. The first kappa shape index (κ1) is 19.2. The molecule has 0 spiro atoms. The summed E-state index contributed by atoms with van der Waals surface area (Å²) in [4.78, 5) is 0.253. The normalized spacial score (nSPS) is 12.1. The van der Waals surface area contributed by atoms with E-state index in [1.807, 2.05) is 13.8 Å². The molecule has 0 saturated carbocycles. The molecule has 0 radical (unpaired) electrons. The van der Waals surface area contributed by atoms with E-state index in [1.165, 1.54) is 4.31 Å². The molecule has 0 aliphatic carbocycles. The van der Waals surface area contributed by atoms with Crippen molar-refractivity contribution in [1.29, 1.82) is 0 Å². The largest absolute Gasteiger partial charge is 0.497 e. The molecular formula is C13H23ClN2O3S. The smallest absolute Gasteiger partial charge is 0.242 e. The van der Waals surface area contributed by atoms with Gasteiger partial charge in [0.2, 0.25) is 10.0 Å². The van der Waals surface area contributed by atoms with Crippen molar-refractivity contribution in [3.63, 3.8) is 0 Å². The molecule has 1 aromatic carbocycles. The van der Waals surface area contributed by atoms with Gasteiger partial charge in [0, 0.05) is 13.6 Å². The monoisotopic (exact) mass is 322 g/mol. The third kappa shape index (κ3) is 4.63. The lowest BCUT2D eigenvalue weighted by molar-refractivity contribution is 0.292. The average Bonchev–Trinajstić information content (AvgIpc) is 2.38. The zero-order valence-electron chi connectivity index (χ0n) is 12.3. The molecule has 116 valence electrons. The van der Waals surface area contributed by atoms with Gasteiger partial charge in [0.25, 0.3) is 0 Å². The third-order valence-corrected chi connectivity index (χ3v) is 4.79. The van der Waals surface area contributed by atoms with E-state index in [2.05, 4.69) is 0 Å². The first-order valence-electron chi connectivity index (χ1n) is 6.03. The van der Waals surface area contributed by atoms with E-state index in [0.29, 0.717) is 18.8 Å². The fraction of sp³-hybridized carbons (Fsp3) is 0.538. The Hall–Kier alpha value is -0.820. The van der Waals surface area contributed by atoms with Gasteiger partial charge in [-0.05, 0) is 36.2 Å². The maximum atomic E-state index is 12.4. The number of halogens is 1. The molecule has 20 heavy (non-hydrogen) atoms. The Morgan fingerprint density at radius 1 is 1.25 bits per heavy atom. The summed E-state index contributed by atoms with van der Waals surface area (Å²) >= 11 is 0. The number of ether oxygens (including phenoxy) is 1. The van der Waals surface area contributed by atoms with E-state index in [4.69, 9.17) is 10.5 Å². The summed E-state index contributed by atoms with van der Waals surface area (Å²) in [7, 11) is -0.378. The third-order valence-electron chi connectivity index (χ3n) is 2.97. The van der Waals surface area contributed by atoms with Crippen LogP contribution in [0.3, 0.4) is 0 Å². The quantitative estimate of drug-likeness (QED) is 0.865. The Labute approximate surface area is 127 Å². The number of rotatable bonds is 6. The second kappa shape index (κ2) is 7.26. The SMILES string of the molecule is COc1ccc(S(=O)(=O)N(C)CC(C)(C)CN)cc1.Cl.